The molecular weight excluding hydrogens is 388 g/mol. The lowest BCUT2D eigenvalue weighted by Gasteiger charge is -2.26. The number of nitrogens with zero attached hydrogens (tertiary/aromatic N) is 4. The number of carbonyl (C=O) groups excluding carboxylic acids is 3. The van der Waals surface area contributed by atoms with Gasteiger partial charge in [0.05, 0.1) is 18.8 Å². The van der Waals surface area contributed by atoms with Crippen LogP contribution in [0.25, 0.3) is 6.08 Å². The molecule has 0 N–H and O–H groups in total. The van der Waals surface area contributed by atoms with E-state index in [-0.39, 0.29) is 18.8 Å². The first-order valence-corrected chi connectivity index (χ1v) is 10.1. The summed E-state index contributed by atoms with van der Waals surface area (Å²) in [5.74, 6) is -0.506. The van der Waals surface area contributed by atoms with Crippen LogP contribution in [0.5, 0.6) is 0 Å². The Balaban J connectivity index is 1.88. The molecule has 9 heteroatoms. The lowest BCUT2D eigenvalue weighted by atomic mass is 10.1. The minimum atomic E-state index is -0.713. The molecule has 0 bridgehead atoms. The highest BCUT2D eigenvalue weighted by atomic mass is 16.6. The number of rotatable bonds is 0. The minimum Gasteiger partial charge on any atom is -0.444 e. The zero-order chi connectivity index (χ0) is 22.3. The third-order valence-corrected chi connectivity index (χ3v) is 4.52. The lowest BCUT2D eigenvalue weighted by molar-refractivity contribution is 0.0232. The molecule has 0 saturated carbocycles. The summed E-state index contributed by atoms with van der Waals surface area (Å²) in [7, 11) is 0. The van der Waals surface area contributed by atoms with Gasteiger partial charge in [0.25, 0.3) is 5.91 Å². The largest absolute Gasteiger partial charge is 0.444 e. The molecule has 9 nitrogen and oxygen atoms in total. The van der Waals surface area contributed by atoms with Crippen LogP contribution in [0.3, 0.4) is 0 Å². The molecule has 3 amide bonds. The van der Waals surface area contributed by atoms with Gasteiger partial charge in [-0.25, -0.2) is 14.5 Å². The van der Waals surface area contributed by atoms with Gasteiger partial charge in [0.15, 0.2) is 5.69 Å². The second-order valence-electron chi connectivity index (χ2n) is 9.49. The van der Waals surface area contributed by atoms with E-state index in [0.717, 1.165) is 10.6 Å². The molecule has 0 saturated heterocycles. The number of amides is 3. The molecule has 2 aliphatic heterocycles. The van der Waals surface area contributed by atoms with Crippen molar-refractivity contribution in [1.82, 2.24) is 19.6 Å². The van der Waals surface area contributed by atoms with Crippen molar-refractivity contribution >= 4 is 24.2 Å². The summed E-state index contributed by atoms with van der Waals surface area (Å²) < 4.78 is 12.6. The quantitative estimate of drug-likeness (QED) is 0.641. The van der Waals surface area contributed by atoms with E-state index in [0.29, 0.717) is 25.1 Å². The fourth-order valence-electron chi connectivity index (χ4n) is 3.31. The third kappa shape index (κ3) is 4.83. The van der Waals surface area contributed by atoms with Crippen LogP contribution in [0.15, 0.2) is 6.08 Å². The maximum Gasteiger partial charge on any atom is 0.417 e. The van der Waals surface area contributed by atoms with Crippen molar-refractivity contribution in [2.75, 3.05) is 13.1 Å². The van der Waals surface area contributed by atoms with Gasteiger partial charge < -0.3 is 14.4 Å². The Hall–Kier alpha value is -2.84. The summed E-state index contributed by atoms with van der Waals surface area (Å²) in [6.45, 7) is 12.2. The predicted molar refractivity (Wildman–Crippen MR) is 110 cm³/mol. The molecule has 3 heterocycles. The fourth-order valence-corrected chi connectivity index (χ4v) is 3.31. The summed E-state index contributed by atoms with van der Waals surface area (Å²) in [5.41, 5.74) is 0.265. The molecule has 1 aromatic rings. The highest BCUT2D eigenvalue weighted by Crippen LogP contribution is 2.26. The zero-order valence-corrected chi connectivity index (χ0v) is 18.5. The summed E-state index contributed by atoms with van der Waals surface area (Å²) in [6.07, 6.45) is 3.10. The van der Waals surface area contributed by atoms with Gasteiger partial charge in [0.2, 0.25) is 0 Å². The topological polar surface area (TPSA) is 94.0 Å². The molecule has 30 heavy (non-hydrogen) atoms. The Labute approximate surface area is 176 Å². The van der Waals surface area contributed by atoms with Gasteiger partial charge in [0.1, 0.15) is 11.2 Å². The van der Waals surface area contributed by atoms with Crippen molar-refractivity contribution < 1.29 is 23.9 Å². The maximum absolute atomic E-state index is 13.1. The molecule has 3 rings (SSSR count). The van der Waals surface area contributed by atoms with Gasteiger partial charge in [-0.2, -0.15) is 5.10 Å². The van der Waals surface area contributed by atoms with Crippen molar-refractivity contribution in [1.29, 1.82) is 0 Å². The zero-order valence-electron chi connectivity index (χ0n) is 18.5. The first-order valence-electron chi connectivity index (χ1n) is 10.1. The van der Waals surface area contributed by atoms with E-state index < -0.39 is 29.3 Å². The highest BCUT2D eigenvalue weighted by molar-refractivity contribution is 6.05. The van der Waals surface area contributed by atoms with E-state index in [9.17, 15) is 14.4 Å². The van der Waals surface area contributed by atoms with Gasteiger partial charge in [0, 0.05) is 18.7 Å². The van der Waals surface area contributed by atoms with Crippen LogP contribution in [-0.4, -0.2) is 62.0 Å². The van der Waals surface area contributed by atoms with Gasteiger partial charge in [-0.1, -0.05) is 12.2 Å². The molecular formula is C21H30N4O5. The first kappa shape index (κ1) is 21.9. The summed E-state index contributed by atoms with van der Waals surface area (Å²) in [5, 5.41) is 4.48. The second kappa shape index (κ2) is 7.77. The van der Waals surface area contributed by atoms with Gasteiger partial charge in [-0.05, 0) is 48.0 Å². The van der Waals surface area contributed by atoms with Crippen LogP contribution in [-0.2, 0) is 22.6 Å². The van der Waals surface area contributed by atoms with E-state index in [1.807, 2.05) is 20.8 Å². The molecule has 0 aliphatic carbocycles. The monoisotopic (exact) mass is 418 g/mol. The number of aryl methyl sites for hydroxylation is 1. The Kier molecular flexibility index (Phi) is 5.66. The maximum atomic E-state index is 13.1. The molecule has 0 aromatic carbocycles. The van der Waals surface area contributed by atoms with Gasteiger partial charge >= 0.3 is 12.2 Å². The van der Waals surface area contributed by atoms with E-state index in [2.05, 4.69) is 5.10 Å². The Bertz CT molecular complexity index is 888. The molecule has 1 aromatic heterocycles. The van der Waals surface area contributed by atoms with Crippen LogP contribution >= 0.6 is 0 Å². The molecule has 0 unspecified atom stereocenters. The predicted octanol–water partition coefficient (Wildman–Crippen LogP) is 3.43. The number of aromatic nitrogens is 2. The van der Waals surface area contributed by atoms with E-state index in [4.69, 9.17) is 9.47 Å². The number of hydrogen-bond donors (Lipinski definition) is 0. The van der Waals surface area contributed by atoms with Crippen molar-refractivity contribution in [3.8, 4) is 0 Å². The Morgan fingerprint density at radius 3 is 2.27 bits per heavy atom. The van der Waals surface area contributed by atoms with Crippen LogP contribution < -0.4 is 0 Å². The highest BCUT2D eigenvalue weighted by Gasteiger charge is 2.35. The second-order valence-corrected chi connectivity index (χ2v) is 9.49. The summed E-state index contributed by atoms with van der Waals surface area (Å²) in [4.78, 5) is 40.8. The lowest BCUT2D eigenvalue weighted by Crippen LogP contribution is -2.41. The average Bonchev–Trinajstić information content (AvgIpc) is 2.72. The van der Waals surface area contributed by atoms with Gasteiger partial charge in [-0.15, -0.1) is 0 Å². The van der Waals surface area contributed by atoms with E-state index >= 15 is 0 Å². The summed E-state index contributed by atoms with van der Waals surface area (Å²) >= 11 is 0. The van der Waals surface area contributed by atoms with Gasteiger partial charge in [-0.3, -0.25) is 9.48 Å². The molecule has 2 aliphatic rings. The third-order valence-electron chi connectivity index (χ3n) is 4.52. The van der Waals surface area contributed by atoms with Crippen molar-refractivity contribution in [2.24, 2.45) is 0 Å². The molecule has 0 radical (unpaired) electrons. The minimum absolute atomic E-state index is 0.0966. The number of imide groups is 1. The number of ether oxygens (including phenoxy) is 2. The first-order chi connectivity index (χ1) is 13.9. The number of carbonyl (C=O) groups is 3. The molecule has 0 atom stereocenters. The van der Waals surface area contributed by atoms with Crippen molar-refractivity contribution in [2.45, 2.75) is 72.3 Å². The Morgan fingerprint density at radius 1 is 1.00 bits per heavy atom. The normalized spacial score (nSPS) is 17.1. The molecule has 164 valence electrons. The summed E-state index contributed by atoms with van der Waals surface area (Å²) in [6, 6.07) is 0. The Morgan fingerprint density at radius 2 is 1.63 bits per heavy atom. The standard InChI is InChI=1S/C21H30N4O5/c1-20(2,3)29-18(27)23-10-8-12-25-15(13-23)14-9-7-11-24(17(26)16(14)22-25)19(28)30-21(4,5)6/h7,9H,8,10-13H2,1-6H3. The van der Waals surface area contributed by atoms with Crippen LogP contribution in [0.1, 0.15) is 69.7 Å². The average molecular weight is 418 g/mol. The van der Waals surface area contributed by atoms with Crippen molar-refractivity contribution in [3.63, 3.8) is 0 Å². The van der Waals surface area contributed by atoms with Crippen molar-refractivity contribution in [3.05, 3.63) is 23.0 Å². The van der Waals surface area contributed by atoms with E-state index in [1.165, 1.54) is 0 Å². The number of hydrogen-bond acceptors (Lipinski definition) is 6. The fraction of sp³-hybridized carbons (Fsp3) is 0.619. The smallest absolute Gasteiger partial charge is 0.417 e. The molecule has 0 spiro atoms. The SMILES string of the molecule is CC(C)(C)OC(=O)N1CCCn2nc3c(c2C1)C=CCN(C(=O)OC(C)(C)C)C3=O. The van der Waals surface area contributed by atoms with Crippen LogP contribution in [0.4, 0.5) is 9.59 Å². The van der Waals surface area contributed by atoms with E-state index in [1.54, 1.807) is 42.5 Å². The van der Waals surface area contributed by atoms with Crippen LogP contribution in [0, 0.1) is 0 Å². The van der Waals surface area contributed by atoms with Crippen LogP contribution in [0.2, 0.25) is 0 Å². The number of fused-ring (bicyclic) bond motifs is 3. The molecule has 0 fully saturated rings.